The molecule has 0 spiro atoms. The number of aromatic amines is 1. The summed E-state index contributed by atoms with van der Waals surface area (Å²) in [5.74, 6) is 0. The molecule has 0 aromatic carbocycles. The Labute approximate surface area is 79.1 Å². The molecule has 1 N–H and O–H groups in total. The van der Waals surface area contributed by atoms with Crippen molar-refractivity contribution in [1.29, 1.82) is 0 Å². The van der Waals surface area contributed by atoms with Gasteiger partial charge in [-0.25, -0.2) is 4.52 Å². The summed E-state index contributed by atoms with van der Waals surface area (Å²) in [4.78, 5) is 18.3. The van der Waals surface area contributed by atoms with E-state index in [1.165, 1.54) is 0 Å². The Balaban J connectivity index is 2.52. The largest absolute Gasteiger partial charge is 0.326 e. The van der Waals surface area contributed by atoms with Crippen molar-refractivity contribution >= 4 is 11.7 Å². The molecule has 5 nitrogen and oxygen atoms in total. The molecule has 0 atom stereocenters. The lowest BCUT2D eigenvalue weighted by molar-refractivity contribution is 0.849. The van der Waals surface area contributed by atoms with Crippen molar-refractivity contribution in [2.75, 3.05) is 6.54 Å². The van der Waals surface area contributed by atoms with E-state index in [1.54, 1.807) is 23.1 Å². The molecule has 0 bridgehead atoms. The number of fused-ring (bicyclic) bond motifs is 3. The highest BCUT2D eigenvalue weighted by Crippen LogP contribution is 2.13. The molecule has 0 aliphatic carbocycles. The number of rotatable bonds is 0. The average Bonchev–Trinajstić information content (AvgIpc) is 2.57. The topological polar surface area (TPSA) is 62.5 Å². The third-order valence-electron chi connectivity index (χ3n) is 2.37. The summed E-state index contributed by atoms with van der Waals surface area (Å²) in [6.45, 7) is 0.759. The van der Waals surface area contributed by atoms with Gasteiger partial charge in [0.05, 0.1) is 5.69 Å². The lowest BCUT2D eigenvalue weighted by Crippen LogP contribution is -2.10. The molecule has 0 unspecified atom stereocenters. The van der Waals surface area contributed by atoms with Gasteiger partial charge >= 0.3 is 0 Å². The predicted octanol–water partition coefficient (Wildman–Crippen LogP) is -0.00240. The average molecular weight is 188 g/mol. The van der Waals surface area contributed by atoms with Gasteiger partial charge in [-0.2, -0.15) is 5.10 Å². The van der Waals surface area contributed by atoms with Crippen molar-refractivity contribution in [1.82, 2.24) is 14.6 Å². The van der Waals surface area contributed by atoms with Crippen LogP contribution in [-0.2, 0) is 6.42 Å². The SMILES string of the molecule is O=c1[nH]ccn2nc3c(c12)C=NCC3. The molecule has 70 valence electrons. The van der Waals surface area contributed by atoms with E-state index >= 15 is 0 Å². The third kappa shape index (κ3) is 0.863. The molecule has 1 aliphatic rings. The van der Waals surface area contributed by atoms with Crippen LogP contribution in [-0.4, -0.2) is 27.4 Å². The highest BCUT2D eigenvalue weighted by atomic mass is 16.1. The van der Waals surface area contributed by atoms with Crippen LogP contribution in [0.25, 0.3) is 5.52 Å². The molecule has 0 radical (unpaired) electrons. The number of H-pyrrole nitrogens is 1. The van der Waals surface area contributed by atoms with Crippen molar-refractivity contribution in [3.8, 4) is 0 Å². The normalized spacial score (nSPS) is 14.6. The molecule has 5 heteroatoms. The molecule has 2 aromatic heterocycles. The van der Waals surface area contributed by atoms with Crippen molar-refractivity contribution in [2.45, 2.75) is 6.42 Å². The van der Waals surface area contributed by atoms with E-state index in [9.17, 15) is 4.79 Å². The van der Waals surface area contributed by atoms with Crippen LogP contribution in [0, 0.1) is 0 Å². The quantitative estimate of drug-likeness (QED) is 0.632. The summed E-state index contributed by atoms with van der Waals surface area (Å²) in [6.07, 6.45) is 5.87. The van der Waals surface area contributed by atoms with Crippen LogP contribution in [0.15, 0.2) is 22.2 Å². The molecule has 1 aliphatic heterocycles. The lowest BCUT2D eigenvalue weighted by Gasteiger charge is -1.99. The molecule has 0 saturated heterocycles. The molecule has 0 amide bonds. The molecular weight excluding hydrogens is 180 g/mol. The summed E-state index contributed by atoms with van der Waals surface area (Å²) in [5, 5.41) is 4.32. The maximum Gasteiger partial charge on any atom is 0.274 e. The molecule has 14 heavy (non-hydrogen) atoms. The molecule has 0 saturated carbocycles. The Morgan fingerprint density at radius 3 is 3.36 bits per heavy atom. The first-order chi connectivity index (χ1) is 6.86. The third-order valence-corrected chi connectivity index (χ3v) is 2.37. The number of hydrogen-bond acceptors (Lipinski definition) is 3. The summed E-state index contributed by atoms with van der Waals surface area (Å²) >= 11 is 0. The summed E-state index contributed by atoms with van der Waals surface area (Å²) in [6, 6.07) is 0. The van der Waals surface area contributed by atoms with Gasteiger partial charge in [-0.3, -0.25) is 9.79 Å². The number of nitrogens with zero attached hydrogens (tertiary/aromatic N) is 3. The van der Waals surface area contributed by atoms with Crippen molar-refractivity contribution in [3.05, 3.63) is 34.0 Å². The van der Waals surface area contributed by atoms with Crippen LogP contribution < -0.4 is 5.56 Å². The van der Waals surface area contributed by atoms with E-state index in [0.29, 0.717) is 5.52 Å². The highest BCUT2D eigenvalue weighted by Gasteiger charge is 2.15. The molecule has 3 heterocycles. The Kier molecular flexibility index (Phi) is 1.36. The minimum Gasteiger partial charge on any atom is -0.326 e. The van der Waals surface area contributed by atoms with Crippen molar-refractivity contribution in [2.24, 2.45) is 4.99 Å². The fourth-order valence-electron chi connectivity index (χ4n) is 1.73. The molecule has 0 fully saturated rings. The first kappa shape index (κ1) is 7.49. The Morgan fingerprint density at radius 2 is 2.43 bits per heavy atom. The number of aromatic nitrogens is 3. The second kappa shape index (κ2) is 2.54. The van der Waals surface area contributed by atoms with E-state index in [4.69, 9.17) is 0 Å². The first-order valence-corrected chi connectivity index (χ1v) is 4.45. The number of hydrogen-bond donors (Lipinski definition) is 1. The summed E-state index contributed by atoms with van der Waals surface area (Å²) in [5.41, 5.74) is 2.29. The van der Waals surface area contributed by atoms with Crippen LogP contribution in [0.2, 0.25) is 0 Å². The number of aliphatic imine (C=N–C) groups is 1. The Morgan fingerprint density at radius 1 is 1.50 bits per heavy atom. The van der Waals surface area contributed by atoms with Gasteiger partial charge in [0.25, 0.3) is 5.56 Å². The summed E-state index contributed by atoms with van der Waals surface area (Å²) in [7, 11) is 0. The van der Waals surface area contributed by atoms with E-state index in [2.05, 4.69) is 15.1 Å². The zero-order valence-corrected chi connectivity index (χ0v) is 7.40. The van der Waals surface area contributed by atoms with Crippen molar-refractivity contribution < 1.29 is 0 Å². The smallest absolute Gasteiger partial charge is 0.274 e. The number of nitrogens with one attached hydrogen (secondary N) is 1. The van der Waals surface area contributed by atoms with Gasteiger partial charge in [-0.15, -0.1) is 0 Å². The Hall–Kier alpha value is -1.91. The lowest BCUT2D eigenvalue weighted by atomic mass is 10.1. The van der Waals surface area contributed by atoms with Crippen LogP contribution >= 0.6 is 0 Å². The van der Waals surface area contributed by atoms with E-state index in [-0.39, 0.29) is 5.56 Å². The maximum atomic E-state index is 11.5. The minimum atomic E-state index is -0.116. The second-order valence-electron chi connectivity index (χ2n) is 3.23. The highest BCUT2D eigenvalue weighted by molar-refractivity contribution is 5.91. The van der Waals surface area contributed by atoms with Gasteiger partial charge < -0.3 is 4.98 Å². The summed E-state index contributed by atoms with van der Waals surface area (Å²) < 4.78 is 1.61. The monoisotopic (exact) mass is 188 g/mol. The van der Waals surface area contributed by atoms with Gasteiger partial charge in [0.15, 0.2) is 0 Å². The Bertz CT molecular complexity index is 578. The van der Waals surface area contributed by atoms with Gasteiger partial charge in [-0.1, -0.05) is 0 Å². The van der Waals surface area contributed by atoms with E-state index < -0.39 is 0 Å². The van der Waals surface area contributed by atoms with E-state index in [1.807, 2.05) is 0 Å². The van der Waals surface area contributed by atoms with Gasteiger partial charge in [0.1, 0.15) is 5.52 Å². The second-order valence-corrected chi connectivity index (χ2v) is 3.23. The molecular formula is C9H8N4O. The first-order valence-electron chi connectivity index (χ1n) is 4.45. The predicted molar refractivity (Wildman–Crippen MR) is 52.0 cm³/mol. The molecule has 2 aromatic rings. The van der Waals surface area contributed by atoms with Gasteiger partial charge in [-0.05, 0) is 0 Å². The minimum absolute atomic E-state index is 0.116. The van der Waals surface area contributed by atoms with Gasteiger partial charge in [0.2, 0.25) is 0 Å². The zero-order chi connectivity index (χ0) is 9.54. The zero-order valence-electron chi connectivity index (χ0n) is 7.40. The molecule has 3 rings (SSSR count). The van der Waals surface area contributed by atoms with Crippen LogP contribution in [0.1, 0.15) is 11.3 Å². The van der Waals surface area contributed by atoms with Crippen LogP contribution in [0.5, 0.6) is 0 Å². The van der Waals surface area contributed by atoms with E-state index in [0.717, 1.165) is 24.2 Å². The fraction of sp³-hybridized carbons (Fsp3) is 0.222. The maximum absolute atomic E-state index is 11.5. The van der Waals surface area contributed by atoms with Crippen LogP contribution in [0.4, 0.5) is 0 Å². The van der Waals surface area contributed by atoms with Gasteiger partial charge in [0, 0.05) is 37.1 Å². The standard InChI is InChI=1S/C9H8N4O/c14-9-8-6-5-10-2-1-7(6)12-13(8)4-3-11-9/h3-5H,1-2H2,(H,11,14). The van der Waals surface area contributed by atoms with Crippen LogP contribution in [0.3, 0.4) is 0 Å². The van der Waals surface area contributed by atoms with Crippen molar-refractivity contribution in [3.63, 3.8) is 0 Å². The fourth-order valence-corrected chi connectivity index (χ4v) is 1.73.